The predicted octanol–water partition coefficient (Wildman–Crippen LogP) is 2.00. The first-order valence-electron chi connectivity index (χ1n) is 5.03. The number of aromatic nitrogens is 2. The molecule has 0 aliphatic heterocycles. The van der Waals surface area contributed by atoms with Crippen molar-refractivity contribution in [2.75, 3.05) is 0 Å². The van der Waals surface area contributed by atoms with E-state index in [4.69, 9.17) is 10.9 Å². The van der Waals surface area contributed by atoms with E-state index in [1.54, 1.807) is 0 Å². The summed E-state index contributed by atoms with van der Waals surface area (Å²) >= 11 is 1.03. The molecule has 0 atom stereocenters. The lowest BCUT2D eigenvalue weighted by molar-refractivity contribution is 0.318. The van der Waals surface area contributed by atoms with E-state index in [2.05, 4.69) is 15.1 Å². The zero-order chi connectivity index (χ0) is 13.8. The number of halogens is 2. The zero-order valence-electron chi connectivity index (χ0n) is 9.42. The molecule has 2 aromatic rings. The van der Waals surface area contributed by atoms with Crippen LogP contribution in [0.4, 0.5) is 8.78 Å². The lowest BCUT2D eigenvalue weighted by Gasteiger charge is -2.05. The molecular formula is C11H8F2N4OS. The van der Waals surface area contributed by atoms with Crippen molar-refractivity contribution >= 4 is 17.6 Å². The van der Waals surface area contributed by atoms with Gasteiger partial charge >= 0.3 is 0 Å². The van der Waals surface area contributed by atoms with Crippen LogP contribution in [0.2, 0.25) is 0 Å². The standard InChI is InChI=1S/C11H8F2N4OS/c12-7-2-1-6(5-8(7)13)19-11-9(10(14)17-18)15-3-4-16-11/h1-5,18H,(H2,14,17). The van der Waals surface area contributed by atoms with Crippen molar-refractivity contribution in [1.29, 1.82) is 0 Å². The van der Waals surface area contributed by atoms with Crippen molar-refractivity contribution in [2.45, 2.75) is 9.92 Å². The van der Waals surface area contributed by atoms with Crippen molar-refractivity contribution in [3.8, 4) is 0 Å². The third-order valence-corrected chi connectivity index (χ3v) is 3.10. The number of nitrogens with two attached hydrogens (primary N) is 1. The van der Waals surface area contributed by atoms with Gasteiger partial charge in [-0.2, -0.15) is 0 Å². The molecule has 0 saturated heterocycles. The van der Waals surface area contributed by atoms with E-state index in [0.29, 0.717) is 9.92 Å². The van der Waals surface area contributed by atoms with Gasteiger partial charge < -0.3 is 10.9 Å². The smallest absolute Gasteiger partial charge is 0.191 e. The minimum absolute atomic E-state index is 0.166. The highest BCUT2D eigenvalue weighted by molar-refractivity contribution is 7.99. The molecule has 0 fully saturated rings. The highest BCUT2D eigenvalue weighted by Crippen LogP contribution is 2.28. The summed E-state index contributed by atoms with van der Waals surface area (Å²) in [4.78, 5) is 8.35. The second kappa shape index (κ2) is 5.61. The maximum absolute atomic E-state index is 13.1. The van der Waals surface area contributed by atoms with Gasteiger partial charge in [-0.1, -0.05) is 16.9 Å². The lowest BCUT2D eigenvalue weighted by Crippen LogP contribution is -2.16. The van der Waals surface area contributed by atoms with Gasteiger partial charge in [0.25, 0.3) is 0 Å². The highest BCUT2D eigenvalue weighted by Gasteiger charge is 2.12. The Bertz CT molecular complexity index is 636. The molecule has 19 heavy (non-hydrogen) atoms. The van der Waals surface area contributed by atoms with Crippen molar-refractivity contribution in [2.24, 2.45) is 10.9 Å². The number of oxime groups is 1. The SMILES string of the molecule is NC(=NO)c1nccnc1Sc1ccc(F)c(F)c1. The molecule has 3 N–H and O–H groups in total. The van der Waals surface area contributed by atoms with Gasteiger partial charge in [-0.25, -0.2) is 18.7 Å². The van der Waals surface area contributed by atoms with Gasteiger partial charge in [0.05, 0.1) is 0 Å². The Labute approximate surface area is 111 Å². The van der Waals surface area contributed by atoms with Crippen LogP contribution in [-0.4, -0.2) is 21.0 Å². The molecule has 1 aromatic carbocycles. The Morgan fingerprint density at radius 3 is 2.63 bits per heavy atom. The fourth-order valence-electron chi connectivity index (χ4n) is 1.27. The van der Waals surface area contributed by atoms with Crippen molar-refractivity contribution in [1.82, 2.24) is 9.97 Å². The summed E-state index contributed by atoms with van der Waals surface area (Å²) in [7, 11) is 0. The fourth-order valence-corrected chi connectivity index (χ4v) is 2.16. The van der Waals surface area contributed by atoms with Crippen LogP contribution in [0.15, 0.2) is 45.7 Å². The minimum Gasteiger partial charge on any atom is -0.409 e. The average molecular weight is 282 g/mol. The van der Waals surface area contributed by atoms with Crippen LogP contribution < -0.4 is 5.73 Å². The van der Waals surface area contributed by atoms with Crippen molar-refractivity contribution in [3.63, 3.8) is 0 Å². The molecule has 1 aromatic heterocycles. The normalized spacial score (nSPS) is 11.6. The predicted molar refractivity (Wildman–Crippen MR) is 65.0 cm³/mol. The summed E-state index contributed by atoms with van der Waals surface area (Å²) in [6.45, 7) is 0. The Kier molecular flexibility index (Phi) is 3.91. The molecule has 8 heteroatoms. The number of hydrogen-bond acceptors (Lipinski definition) is 5. The van der Waals surface area contributed by atoms with E-state index >= 15 is 0 Å². The van der Waals surface area contributed by atoms with Gasteiger partial charge in [0.2, 0.25) is 0 Å². The minimum atomic E-state index is -0.959. The van der Waals surface area contributed by atoms with Gasteiger partial charge in [-0.3, -0.25) is 0 Å². The third kappa shape index (κ3) is 2.97. The molecule has 0 spiro atoms. The van der Waals surface area contributed by atoms with Gasteiger partial charge in [0.1, 0.15) is 10.7 Å². The van der Waals surface area contributed by atoms with Gasteiger partial charge in [0.15, 0.2) is 17.5 Å². The van der Waals surface area contributed by atoms with Crippen molar-refractivity contribution < 1.29 is 14.0 Å². The van der Waals surface area contributed by atoms with E-state index in [0.717, 1.165) is 23.9 Å². The van der Waals surface area contributed by atoms with Crippen LogP contribution in [0.3, 0.4) is 0 Å². The van der Waals surface area contributed by atoms with E-state index in [1.165, 1.54) is 18.5 Å². The maximum Gasteiger partial charge on any atom is 0.191 e. The molecule has 1 heterocycles. The van der Waals surface area contributed by atoms with E-state index in [9.17, 15) is 8.78 Å². The highest BCUT2D eigenvalue weighted by atomic mass is 32.2. The van der Waals surface area contributed by atoms with Crippen LogP contribution in [-0.2, 0) is 0 Å². The average Bonchev–Trinajstić information content (AvgIpc) is 2.43. The molecule has 0 unspecified atom stereocenters. The summed E-state index contributed by atoms with van der Waals surface area (Å²) in [5.74, 6) is -2.10. The molecule has 2 rings (SSSR count). The molecule has 98 valence electrons. The molecular weight excluding hydrogens is 274 g/mol. The van der Waals surface area contributed by atoms with E-state index in [1.807, 2.05) is 0 Å². The maximum atomic E-state index is 13.1. The molecule has 0 amide bonds. The molecule has 0 radical (unpaired) electrons. The number of nitrogens with zero attached hydrogens (tertiary/aromatic N) is 3. The Morgan fingerprint density at radius 1 is 1.21 bits per heavy atom. The van der Waals surface area contributed by atoms with Gasteiger partial charge in [-0.05, 0) is 18.2 Å². The van der Waals surface area contributed by atoms with E-state index in [-0.39, 0.29) is 11.5 Å². The first-order chi connectivity index (χ1) is 9.11. The lowest BCUT2D eigenvalue weighted by atomic mass is 10.3. The summed E-state index contributed by atoms with van der Waals surface area (Å²) < 4.78 is 25.9. The summed E-state index contributed by atoms with van der Waals surface area (Å²) in [5.41, 5.74) is 5.62. The molecule has 0 bridgehead atoms. The molecule has 5 nitrogen and oxygen atoms in total. The van der Waals surface area contributed by atoms with Crippen LogP contribution in [0, 0.1) is 11.6 Å². The quantitative estimate of drug-likeness (QED) is 0.389. The summed E-state index contributed by atoms with van der Waals surface area (Å²) in [6, 6.07) is 3.44. The number of amidine groups is 1. The van der Waals surface area contributed by atoms with Crippen LogP contribution in [0.5, 0.6) is 0 Å². The second-order valence-electron chi connectivity index (χ2n) is 3.37. The second-order valence-corrected chi connectivity index (χ2v) is 4.44. The fraction of sp³-hybridized carbons (Fsp3) is 0. The zero-order valence-corrected chi connectivity index (χ0v) is 10.2. The monoisotopic (exact) mass is 282 g/mol. The van der Waals surface area contributed by atoms with Gasteiger partial charge in [0, 0.05) is 17.3 Å². The third-order valence-electron chi connectivity index (χ3n) is 2.12. The van der Waals surface area contributed by atoms with Gasteiger partial charge in [-0.15, -0.1) is 0 Å². The number of hydrogen-bond donors (Lipinski definition) is 2. The Hall–Kier alpha value is -2.22. The topological polar surface area (TPSA) is 84.4 Å². The summed E-state index contributed by atoms with van der Waals surface area (Å²) in [6.07, 6.45) is 2.79. The summed E-state index contributed by atoms with van der Waals surface area (Å²) in [5, 5.41) is 11.8. The van der Waals surface area contributed by atoms with Crippen LogP contribution in [0.1, 0.15) is 5.69 Å². The largest absolute Gasteiger partial charge is 0.409 e. The number of rotatable bonds is 3. The molecule has 0 aliphatic rings. The van der Waals surface area contributed by atoms with Crippen molar-refractivity contribution in [3.05, 3.63) is 47.9 Å². The first kappa shape index (κ1) is 13.2. The number of benzene rings is 1. The molecule has 0 aliphatic carbocycles. The van der Waals surface area contributed by atoms with E-state index < -0.39 is 11.6 Å². The van der Waals surface area contributed by atoms with Crippen LogP contribution in [0.25, 0.3) is 0 Å². The van der Waals surface area contributed by atoms with Crippen LogP contribution >= 0.6 is 11.8 Å². The first-order valence-corrected chi connectivity index (χ1v) is 5.85. The molecule has 0 saturated carbocycles. The Balaban J connectivity index is 2.35. The Morgan fingerprint density at radius 2 is 1.95 bits per heavy atom.